The third kappa shape index (κ3) is 28.9. The van der Waals surface area contributed by atoms with Crippen molar-refractivity contribution in [3.8, 4) is 0 Å². The zero-order valence-corrected chi connectivity index (χ0v) is 30.7. The molecule has 0 heterocycles. The van der Waals surface area contributed by atoms with Crippen LogP contribution in [0.2, 0.25) is 0 Å². The van der Waals surface area contributed by atoms with Crippen molar-refractivity contribution in [3.63, 3.8) is 0 Å². The molecule has 0 unspecified atom stereocenters. The number of hydrogen-bond acceptors (Lipinski definition) is 12. The van der Waals surface area contributed by atoms with Gasteiger partial charge in [0, 0.05) is 38.9 Å². The standard InChI is InChI=1S/2C15H27NO6.Ca/c2*1-9(2)6-12(7-13(17)18)8-16-15(20)22-11(5)21-14(19)10(3)4;/h2*9-12H,6-8H2,1-5H3,(H,16,20)(H,17,18);/q;;+2/p-2/t2*11-,12+;/m11./s1. The quantitative estimate of drug-likeness (QED) is 0.121. The van der Waals surface area contributed by atoms with Gasteiger partial charge in [-0.05, 0) is 49.4 Å². The first-order chi connectivity index (χ1) is 20.2. The first kappa shape index (κ1) is 47.1. The molecule has 0 aliphatic heterocycles. The molecular formula is C30H52CaN2O12. The van der Waals surface area contributed by atoms with Crippen molar-refractivity contribution < 1.29 is 57.9 Å². The summed E-state index contributed by atoms with van der Waals surface area (Å²) < 4.78 is 19.5. The molecule has 2 amide bonds. The molecule has 14 nitrogen and oxygen atoms in total. The Morgan fingerprint density at radius 2 is 0.822 bits per heavy atom. The Morgan fingerprint density at radius 1 is 0.533 bits per heavy atom. The van der Waals surface area contributed by atoms with Gasteiger partial charge in [0.15, 0.2) is 0 Å². The summed E-state index contributed by atoms with van der Waals surface area (Å²) in [5.74, 6) is -3.72. The van der Waals surface area contributed by atoms with Gasteiger partial charge in [-0.3, -0.25) is 9.59 Å². The van der Waals surface area contributed by atoms with Crippen LogP contribution in [0.15, 0.2) is 0 Å². The minimum Gasteiger partial charge on any atom is -0.550 e. The van der Waals surface area contributed by atoms with Gasteiger partial charge in [0.2, 0.25) is 12.6 Å². The SMILES string of the molecule is CC(C)C[C@H](CNC(=O)O[C@H](C)OC(=O)C(C)C)CC(=O)[O-].CC(C)C[C@H](CNC(=O)O[C@H](C)OC(=O)C(C)C)CC(=O)[O-].[Ca+2]. The predicted molar refractivity (Wildman–Crippen MR) is 161 cm³/mol. The number of hydrogen-bond donors (Lipinski definition) is 2. The molecule has 0 aromatic rings. The summed E-state index contributed by atoms with van der Waals surface area (Å²) in [5, 5.41) is 26.3. The molecule has 0 aliphatic carbocycles. The fraction of sp³-hybridized carbons (Fsp3) is 0.800. The number of carbonyl (C=O) groups is 6. The number of alkyl carbamates (subject to hydrolysis) is 2. The van der Waals surface area contributed by atoms with E-state index >= 15 is 0 Å². The maximum atomic E-state index is 11.6. The number of aliphatic carboxylic acids is 2. The van der Waals surface area contributed by atoms with Crippen molar-refractivity contribution in [1.29, 1.82) is 0 Å². The van der Waals surface area contributed by atoms with Crippen molar-refractivity contribution in [2.45, 2.75) is 108 Å². The maximum absolute atomic E-state index is 11.6. The number of ether oxygens (including phenoxy) is 4. The van der Waals surface area contributed by atoms with Crippen LogP contribution in [0.4, 0.5) is 9.59 Å². The molecule has 4 atom stereocenters. The van der Waals surface area contributed by atoms with Crippen molar-refractivity contribution in [2.75, 3.05) is 13.1 Å². The van der Waals surface area contributed by atoms with Gasteiger partial charge in [-0.1, -0.05) is 55.4 Å². The summed E-state index contributed by atoms with van der Waals surface area (Å²) in [6.07, 6.45) is -2.48. The molecule has 45 heavy (non-hydrogen) atoms. The summed E-state index contributed by atoms with van der Waals surface area (Å²) in [6.45, 7) is 17.8. The average molecular weight is 673 g/mol. The second-order valence-electron chi connectivity index (χ2n) is 12.0. The maximum Gasteiger partial charge on any atom is 2.00 e. The third-order valence-corrected chi connectivity index (χ3v) is 5.64. The zero-order valence-electron chi connectivity index (χ0n) is 28.5. The Morgan fingerprint density at radius 3 is 1.04 bits per heavy atom. The molecule has 0 saturated heterocycles. The van der Waals surface area contributed by atoms with Crippen LogP contribution in [0.25, 0.3) is 0 Å². The number of esters is 2. The van der Waals surface area contributed by atoms with Crippen LogP contribution in [-0.2, 0) is 38.1 Å². The van der Waals surface area contributed by atoms with E-state index in [2.05, 4.69) is 10.6 Å². The van der Waals surface area contributed by atoms with E-state index in [1.165, 1.54) is 13.8 Å². The fourth-order valence-electron chi connectivity index (χ4n) is 3.77. The van der Waals surface area contributed by atoms with Crippen molar-refractivity contribution in [2.24, 2.45) is 35.5 Å². The molecule has 2 N–H and O–H groups in total. The van der Waals surface area contributed by atoms with Crippen LogP contribution in [0.1, 0.15) is 94.9 Å². The van der Waals surface area contributed by atoms with Crippen LogP contribution in [0, 0.1) is 35.5 Å². The van der Waals surface area contributed by atoms with E-state index in [1.807, 2.05) is 27.7 Å². The number of carboxylic acids is 2. The van der Waals surface area contributed by atoms with Crippen molar-refractivity contribution in [1.82, 2.24) is 10.6 Å². The van der Waals surface area contributed by atoms with Gasteiger partial charge >= 0.3 is 61.9 Å². The summed E-state index contributed by atoms with van der Waals surface area (Å²) in [4.78, 5) is 67.2. The first-order valence-corrected chi connectivity index (χ1v) is 14.9. The van der Waals surface area contributed by atoms with Gasteiger partial charge in [-0.2, -0.15) is 0 Å². The van der Waals surface area contributed by atoms with E-state index in [-0.39, 0.29) is 87.3 Å². The number of carboxylic acid groups (broad SMARTS) is 2. The average Bonchev–Trinajstić information content (AvgIpc) is 2.84. The second kappa shape index (κ2) is 25.8. The number of rotatable bonds is 18. The summed E-state index contributed by atoms with van der Waals surface area (Å²) >= 11 is 0. The van der Waals surface area contributed by atoms with E-state index in [9.17, 15) is 39.0 Å². The van der Waals surface area contributed by atoms with Gasteiger partial charge in [-0.15, -0.1) is 0 Å². The van der Waals surface area contributed by atoms with Gasteiger partial charge in [-0.25, -0.2) is 9.59 Å². The molecule has 0 saturated carbocycles. The van der Waals surface area contributed by atoms with Gasteiger partial charge < -0.3 is 49.4 Å². The molecule has 0 radical (unpaired) electrons. The molecule has 0 aliphatic rings. The van der Waals surface area contributed by atoms with E-state index in [0.717, 1.165) is 0 Å². The smallest absolute Gasteiger partial charge is 0.550 e. The Balaban J connectivity index is -0.000000767. The van der Waals surface area contributed by atoms with E-state index in [0.29, 0.717) is 24.7 Å². The van der Waals surface area contributed by atoms with E-state index in [1.54, 1.807) is 27.7 Å². The minimum atomic E-state index is -1.15. The van der Waals surface area contributed by atoms with Gasteiger partial charge in [0.1, 0.15) is 0 Å². The molecule has 0 aromatic heterocycles. The molecule has 15 heteroatoms. The van der Waals surface area contributed by atoms with Gasteiger partial charge in [0.25, 0.3) is 0 Å². The molecule has 0 spiro atoms. The first-order valence-electron chi connectivity index (χ1n) is 14.9. The van der Waals surface area contributed by atoms with Crippen LogP contribution >= 0.6 is 0 Å². The molecule has 0 rings (SSSR count). The van der Waals surface area contributed by atoms with E-state index in [4.69, 9.17) is 18.9 Å². The molecular weight excluding hydrogens is 620 g/mol. The summed E-state index contributed by atoms with van der Waals surface area (Å²) in [7, 11) is 0. The minimum absolute atomic E-state index is 0. The predicted octanol–water partition coefficient (Wildman–Crippen LogP) is 1.74. The Hall–Kier alpha value is -2.32. The third-order valence-electron chi connectivity index (χ3n) is 5.64. The van der Waals surface area contributed by atoms with Crippen LogP contribution in [0.5, 0.6) is 0 Å². The zero-order chi connectivity index (χ0) is 34.6. The Kier molecular flexibility index (Phi) is 27.0. The summed E-state index contributed by atoms with van der Waals surface area (Å²) in [5.41, 5.74) is 0. The van der Waals surface area contributed by atoms with Crippen LogP contribution in [-0.4, -0.2) is 99.5 Å². The molecule has 256 valence electrons. The van der Waals surface area contributed by atoms with Crippen LogP contribution < -0.4 is 20.8 Å². The van der Waals surface area contributed by atoms with Crippen molar-refractivity contribution in [3.05, 3.63) is 0 Å². The molecule has 0 fully saturated rings. The second-order valence-corrected chi connectivity index (χ2v) is 12.0. The molecule has 0 bridgehead atoms. The molecule has 0 aromatic carbocycles. The number of nitrogens with one attached hydrogen (secondary N) is 2. The monoisotopic (exact) mass is 672 g/mol. The van der Waals surface area contributed by atoms with Crippen LogP contribution in [0.3, 0.4) is 0 Å². The fourth-order valence-corrected chi connectivity index (χ4v) is 3.77. The van der Waals surface area contributed by atoms with Gasteiger partial charge in [0.05, 0.1) is 11.8 Å². The normalized spacial score (nSPS) is 13.3. The number of amides is 2. The van der Waals surface area contributed by atoms with Crippen molar-refractivity contribution >= 4 is 73.8 Å². The van der Waals surface area contributed by atoms with E-state index < -0.39 is 48.6 Å². The topological polar surface area (TPSA) is 210 Å². The largest absolute Gasteiger partial charge is 2.00 e. The Labute approximate surface area is 297 Å². The number of carbonyl (C=O) groups excluding carboxylic acids is 6. The Bertz CT molecular complexity index is 839. The summed E-state index contributed by atoms with van der Waals surface area (Å²) in [6, 6.07) is 0.